The number of carbonyl (C=O) groups is 2. The SMILES string of the molecule is Cc1ncc2c(c1CNC(=O)c1cnccn1)CCN(C(=O)C(c1ccccc1)C1CCCC1)C2. The van der Waals surface area contributed by atoms with Crippen LogP contribution in [0, 0.1) is 12.8 Å². The van der Waals surface area contributed by atoms with Crippen LogP contribution in [0.1, 0.15) is 70.0 Å². The molecule has 35 heavy (non-hydrogen) atoms. The maximum atomic E-state index is 13.9. The van der Waals surface area contributed by atoms with Gasteiger partial charge in [0.25, 0.3) is 5.91 Å². The van der Waals surface area contributed by atoms with Crippen molar-refractivity contribution >= 4 is 11.8 Å². The van der Waals surface area contributed by atoms with Gasteiger partial charge in [0.1, 0.15) is 5.69 Å². The lowest BCUT2D eigenvalue weighted by Gasteiger charge is -2.35. The van der Waals surface area contributed by atoms with Crippen molar-refractivity contribution in [1.29, 1.82) is 0 Å². The van der Waals surface area contributed by atoms with E-state index in [2.05, 4.69) is 32.4 Å². The van der Waals surface area contributed by atoms with Gasteiger partial charge < -0.3 is 10.2 Å². The Labute approximate surface area is 206 Å². The number of aryl methyl sites for hydroxylation is 1. The first-order valence-electron chi connectivity index (χ1n) is 12.5. The number of hydrogen-bond donors (Lipinski definition) is 1. The molecule has 1 N–H and O–H groups in total. The van der Waals surface area contributed by atoms with E-state index >= 15 is 0 Å². The van der Waals surface area contributed by atoms with E-state index in [1.54, 1.807) is 6.20 Å². The molecule has 2 aliphatic rings. The molecule has 3 heterocycles. The summed E-state index contributed by atoms with van der Waals surface area (Å²) >= 11 is 0. The average molecular weight is 470 g/mol. The van der Waals surface area contributed by atoms with Crippen LogP contribution in [0.25, 0.3) is 0 Å². The molecule has 1 unspecified atom stereocenters. The molecular weight excluding hydrogens is 438 g/mol. The Balaban J connectivity index is 1.34. The zero-order valence-electron chi connectivity index (χ0n) is 20.1. The predicted molar refractivity (Wildman–Crippen MR) is 132 cm³/mol. The molecule has 180 valence electrons. The summed E-state index contributed by atoms with van der Waals surface area (Å²) in [6.07, 6.45) is 11.8. The lowest BCUT2D eigenvalue weighted by molar-refractivity contribution is -0.135. The van der Waals surface area contributed by atoms with Gasteiger partial charge in [-0.3, -0.25) is 19.6 Å². The quantitative estimate of drug-likeness (QED) is 0.590. The minimum atomic E-state index is -0.259. The van der Waals surface area contributed by atoms with E-state index in [0.717, 1.165) is 41.6 Å². The van der Waals surface area contributed by atoms with Crippen molar-refractivity contribution in [2.24, 2.45) is 5.92 Å². The van der Waals surface area contributed by atoms with Crippen molar-refractivity contribution in [2.45, 2.75) is 58.0 Å². The van der Waals surface area contributed by atoms with E-state index in [1.165, 1.54) is 30.8 Å². The van der Waals surface area contributed by atoms with E-state index in [0.29, 0.717) is 31.2 Å². The van der Waals surface area contributed by atoms with Gasteiger partial charge >= 0.3 is 0 Å². The summed E-state index contributed by atoms with van der Waals surface area (Å²) < 4.78 is 0. The second-order valence-electron chi connectivity index (χ2n) is 9.54. The number of aromatic nitrogens is 3. The Bertz CT molecular complexity index is 1190. The van der Waals surface area contributed by atoms with Crippen LogP contribution in [0.5, 0.6) is 0 Å². The Morgan fingerprint density at radius 1 is 1.09 bits per heavy atom. The number of carbonyl (C=O) groups excluding carboxylic acids is 2. The summed E-state index contributed by atoms with van der Waals surface area (Å²) in [6, 6.07) is 10.3. The van der Waals surface area contributed by atoms with Crippen molar-refractivity contribution in [2.75, 3.05) is 6.54 Å². The third-order valence-electron chi connectivity index (χ3n) is 7.42. The molecule has 1 saturated carbocycles. The van der Waals surface area contributed by atoms with Gasteiger partial charge in [-0.2, -0.15) is 0 Å². The molecule has 1 fully saturated rings. The van der Waals surface area contributed by atoms with Gasteiger partial charge in [0, 0.05) is 43.9 Å². The number of nitrogens with zero attached hydrogens (tertiary/aromatic N) is 4. The molecule has 3 aromatic rings. The summed E-state index contributed by atoms with van der Waals surface area (Å²) in [7, 11) is 0. The fraction of sp³-hybridized carbons (Fsp3) is 0.393. The summed E-state index contributed by atoms with van der Waals surface area (Å²) in [5.74, 6) is 0.301. The van der Waals surface area contributed by atoms with E-state index in [-0.39, 0.29) is 17.7 Å². The fourth-order valence-electron chi connectivity index (χ4n) is 5.58. The molecule has 1 aromatic carbocycles. The standard InChI is InChI=1S/C28H31N5O2/c1-19-24(16-32-27(34)25-17-29-12-13-30-25)23-11-14-33(18-22(23)15-31-19)28(35)26(21-9-5-6-10-21)20-7-3-2-4-8-20/h2-4,7-8,12-13,15,17,21,26H,5-6,9-11,14,16,18H2,1H3,(H,32,34). The lowest BCUT2D eigenvalue weighted by Crippen LogP contribution is -2.41. The zero-order chi connectivity index (χ0) is 24.2. The zero-order valence-corrected chi connectivity index (χ0v) is 20.1. The Morgan fingerprint density at radius 3 is 2.63 bits per heavy atom. The second-order valence-corrected chi connectivity index (χ2v) is 9.54. The molecular formula is C28H31N5O2. The number of pyridine rings is 1. The van der Waals surface area contributed by atoms with Crippen LogP contribution in [-0.4, -0.2) is 38.2 Å². The number of benzene rings is 1. The molecule has 0 radical (unpaired) electrons. The molecule has 1 aliphatic heterocycles. The Hall–Kier alpha value is -3.61. The van der Waals surface area contributed by atoms with Crippen LogP contribution < -0.4 is 5.32 Å². The van der Waals surface area contributed by atoms with Crippen molar-refractivity contribution in [3.63, 3.8) is 0 Å². The van der Waals surface area contributed by atoms with Crippen molar-refractivity contribution in [1.82, 2.24) is 25.2 Å². The first-order chi connectivity index (χ1) is 17.1. The second kappa shape index (κ2) is 10.3. The van der Waals surface area contributed by atoms with Gasteiger partial charge in [0.2, 0.25) is 5.91 Å². The third-order valence-corrected chi connectivity index (χ3v) is 7.42. The largest absolute Gasteiger partial charge is 0.346 e. The maximum absolute atomic E-state index is 13.9. The summed E-state index contributed by atoms with van der Waals surface area (Å²) in [4.78, 5) is 41.0. The highest BCUT2D eigenvalue weighted by Gasteiger charge is 2.36. The van der Waals surface area contributed by atoms with Crippen LogP contribution in [-0.2, 0) is 24.3 Å². The van der Waals surface area contributed by atoms with E-state index in [4.69, 9.17) is 0 Å². The van der Waals surface area contributed by atoms with Gasteiger partial charge in [-0.15, -0.1) is 0 Å². The summed E-state index contributed by atoms with van der Waals surface area (Å²) in [5.41, 5.74) is 5.61. The minimum absolute atomic E-state index is 0.0793. The van der Waals surface area contributed by atoms with Crippen LogP contribution >= 0.6 is 0 Å². The molecule has 5 rings (SSSR count). The number of amides is 2. The molecule has 7 nitrogen and oxygen atoms in total. The monoisotopic (exact) mass is 469 g/mol. The van der Waals surface area contributed by atoms with Gasteiger partial charge in [-0.1, -0.05) is 43.2 Å². The van der Waals surface area contributed by atoms with Gasteiger partial charge in [0.15, 0.2) is 0 Å². The third kappa shape index (κ3) is 4.94. The van der Waals surface area contributed by atoms with E-state index < -0.39 is 0 Å². The first-order valence-corrected chi connectivity index (χ1v) is 12.5. The number of fused-ring (bicyclic) bond motifs is 1. The summed E-state index contributed by atoms with van der Waals surface area (Å²) in [5, 5.41) is 2.96. The molecule has 2 aromatic heterocycles. The highest BCUT2D eigenvalue weighted by atomic mass is 16.2. The van der Waals surface area contributed by atoms with Crippen LogP contribution in [0.15, 0.2) is 55.1 Å². The van der Waals surface area contributed by atoms with Crippen LogP contribution in [0.3, 0.4) is 0 Å². The molecule has 1 aliphatic carbocycles. The first kappa shape index (κ1) is 23.1. The van der Waals surface area contributed by atoms with Crippen molar-refractivity contribution < 1.29 is 9.59 Å². The smallest absolute Gasteiger partial charge is 0.271 e. The predicted octanol–water partition coefficient (Wildman–Crippen LogP) is 3.97. The molecule has 7 heteroatoms. The van der Waals surface area contributed by atoms with Crippen LogP contribution in [0.2, 0.25) is 0 Å². The van der Waals surface area contributed by atoms with Crippen LogP contribution in [0.4, 0.5) is 0 Å². The lowest BCUT2D eigenvalue weighted by atomic mass is 9.83. The minimum Gasteiger partial charge on any atom is -0.346 e. The van der Waals surface area contributed by atoms with Crippen molar-refractivity contribution in [3.8, 4) is 0 Å². The highest BCUT2D eigenvalue weighted by Crippen LogP contribution is 2.39. The Kier molecular flexibility index (Phi) is 6.84. The molecule has 2 amide bonds. The average Bonchev–Trinajstić information content (AvgIpc) is 3.43. The molecule has 0 bridgehead atoms. The number of rotatable bonds is 6. The molecule has 0 saturated heterocycles. The Morgan fingerprint density at radius 2 is 1.89 bits per heavy atom. The molecule has 0 spiro atoms. The van der Waals surface area contributed by atoms with E-state index in [1.807, 2.05) is 36.2 Å². The van der Waals surface area contributed by atoms with Gasteiger partial charge in [0.05, 0.1) is 12.1 Å². The molecule has 1 atom stereocenters. The van der Waals surface area contributed by atoms with Crippen molar-refractivity contribution in [3.05, 3.63) is 88.8 Å². The van der Waals surface area contributed by atoms with Gasteiger partial charge in [-0.05, 0) is 54.4 Å². The highest BCUT2D eigenvalue weighted by molar-refractivity contribution is 5.91. The normalized spacial score (nSPS) is 16.5. The van der Waals surface area contributed by atoms with Gasteiger partial charge in [-0.25, -0.2) is 4.98 Å². The summed E-state index contributed by atoms with van der Waals surface area (Å²) in [6.45, 7) is 3.58. The topological polar surface area (TPSA) is 88.1 Å². The fourth-order valence-corrected chi connectivity index (χ4v) is 5.58. The maximum Gasteiger partial charge on any atom is 0.271 e. The van der Waals surface area contributed by atoms with E-state index in [9.17, 15) is 9.59 Å². The number of hydrogen-bond acceptors (Lipinski definition) is 5. The number of nitrogens with one attached hydrogen (secondary N) is 1.